The molecule has 0 atom stereocenters. The molecule has 0 nitrogen and oxygen atoms in total. The molecule has 0 aromatic carbocycles. The Kier molecular flexibility index (Phi) is 2.14. The first-order valence-corrected chi connectivity index (χ1v) is 6.27. The summed E-state index contributed by atoms with van der Waals surface area (Å²) in [4.78, 5) is 0. The first-order chi connectivity index (χ1) is 2.56. The van der Waals surface area contributed by atoms with Crippen molar-refractivity contribution in [1.82, 2.24) is 0 Å². The van der Waals surface area contributed by atoms with Crippen LogP contribution in [0.25, 0.3) is 0 Å². The van der Waals surface area contributed by atoms with E-state index in [-0.39, 0.29) is 0 Å². The minimum absolute atomic E-state index is 0.631. The van der Waals surface area contributed by atoms with Gasteiger partial charge in [-0.25, -0.2) is 0 Å². The van der Waals surface area contributed by atoms with E-state index in [0.29, 0.717) is 0 Å². The van der Waals surface area contributed by atoms with Crippen LogP contribution >= 0.6 is 7.14 Å². The quantitative estimate of drug-likeness (QED) is 0.337. The summed E-state index contributed by atoms with van der Waals surface area (Å²) in [7, 11) is 1.75. The van der Waals surface area contributed by atoms with Gasteiger partial charge in [-0.1, -0.05) is 0 Å². The Labute approximate surface area is 42.0 Å². The van der Waals surface area contributed by atoms with Gasteiger partial charge in [-0.3, -0.25) is 0 Å². The summed E-state index contributed by atoms with van der Waals surface area (Å²) >= 11 is 0. The van der Waals surface area contributed by atoms with Gasteiger partial charge < -0.3 is 0 Å². The molecule has 0 radical (unpaired) electrons. The third-order valence-electron chi connectivity index (χ3n) is 1.06. The summed E-state index contributed by atoms with van der Waals surface area (Å²) in [6.45, 7) is 7.03. The molecule has 0 saturated carbocycles. The van der Waals surface area contributed by atoms with E-state index in [1.165, 1.54) is 6.16 Å². The normalized spacial score (nSPS) is 14.5. The molecule has 0 heterocycles. The molecule has 6 heavy (non-hydrogen) atoms. The van der Waals surface area contributed by atoms with Gasteiger partial charge in [-0.05, 0) is 0 Å². The summed E-state index contributed by atoms with van der Waals surface area (Å²) < 4.78 is 0. The van der Waals surface area contributed by atoms with Crippen LogP contribution in [0.2, 0.25) is 0 Å². The molecule has 0 rings (SSSR count). The molecule has 38 valence electrons. The second kappa shape index (κ2) is 1.98. The Balaban J connectivity index is 3.17. The maximum atomic E-state index is 2.38. The van der Waals surface area contributed by atoms with Crippen molar-refractivity contribution in [2.45, 2.75) is 6.92 Å². The molecule has 0 bridgehead atoms. The van der Waals surface area contributed by atoms with Gasteiger partial charge in [-0.15, -0.1) is 0 Å². The number of hydrogen-bond donors (Lipinski definition) is 0. The van der Waals surface area contributed by atoms with Crippen LogP contribution in [0.5, 0.6) is 0 Å². The van der Waals surface area contributed by atoms with Crippen molar-refractivity contribution in [3.63, 3.8) is 0 Å². The predicted molar refractivity (Wildman–Crippen MR) is 39.2 cm³/mol. The van der Waals surface area contributed by atoms with Gasteiger partial charge in [0, 0.05) is 0 Å². The van der Waals surface area contributed by atoms with E-state index in [2.05, 4.69) is 27.8 Å². The van der Waals surface area contributed by atoms with Crippen LogP contribution in [0.15, 0.2) is 0 Å². The predicted octanol–water partition coefficient (Wildman–Crippen LogP) is 0.564. The number of rotatable bonds is 1. The number of hydrogen-bond acceptors (Lipinski definition) is 0. The van der Waals surface area contributed by atoms with E-state index >= 15 is 0 Å². The van der Waals surface area contributed by atoms with E-state index in [9.17, 15) is 0 Å². The molecule has 0 aliphatic heterocycles. The van der Waals surface area contributed by atoms with Gasteiger partial charge in [-0.2, -0.15) is 0 Å². The zero-order chi connectivity index (χ0) is 5.21. The summed E-state index contributed by atoms with van der Waals surface area (Å²) in [6.07, 6.45) is 1.41. The Hall–Kier alpha value is 0.495. The summed E-state index contributed by atoms with van der Waals surface area (Å²) in [5.74, 6) is 0. The molecular formula is C4H14BP. The average Bonchev–Trinajstić information content (AvgIpc) is 1.35. The zero-order valence-corrected chi connectivity index (χ0v) is 6.21. The van der Waals surface area contributed by atoms with Crippen molar-refractivity contribution in [3.05, 3.63) is 0 Å². The molecule has 0 saturated heterocycles. The topological polar surface area (TPSA) is 0 Å². The Morgan fingerprint density at radius 2 is 1.67 bits per heavy atom. The minimum atomic E-state index is -0.631. The van der Waals surface area contributed by atoms with Crippen LogP contribution in [-0.2, 0) is 0 Å². The van der Waals surface area contributed by atoms with Crippen LogP contribution in [0.4, 0.5) is 0 Å². The van der Waals surface area contributed by atoms with Crippen molar-refractivity contribution < 1.29 is 0 Å². The Morgan fingerprint density at radius 1 is 1.50 bits per heavy atom. The van der Waals surface area contributed by atoms with Crippen molar-refractivity contribution >= 4 is 14.7 Å². The molecule has 0 N–H and O–H groups in total. The molecule has 0 spiro atoms. The molecule has 0 fully saturated rings. The average molecular weight is 104 g/mol. The first kappa shape index (κ1) is 6.49. The molecule has 0 aliphatic carbocycles. The fourth-order valence-electron chi connectivity index (χ4n) is 0. The van der Waals surface area contributed by atoms with Gasteiger partial charge in [0.1, 0.15) is 0 Å². The maximum absolute atomic E-state index is 2.38. The van der Waals surface area contributed by atoms with Crippen LogP contribution in [0.1, 0.15) is 6.92 Å². The van der Waals surface area contributed by atoms with Crippen molar-refractivity contribution in [2.24, 2.45) is 0 Å². The fraction of sp³-hybridized carbons (Fsp3) is 1.00. The molecule has 0 unspecified atom stereocenters. The molecule has 0 amide bonds. The second-order valence-electron chi connectivity index (χ2n) is 2.91. The van der Waals surface area contributed by atoms with Crippen LogP contribution in [0.3, 0.4) is 0 Å². The first-order valence-electron chi connectivity index (χ1n) is 2.56. The summed E-state index contributed by atoms with van der Waals surface area (Å²) in [5, 5.41) is 0. The molecule has 2 heteroatoms. The molecule has 0 aromatic heterocycles. The summed E-state index contributed by atoms with van der Waals surface area (Å²) in [5.41, 5.74) is 0. The SMILES string of the molecule is B[PH](C)(C)CC. The molecular weight excluding hydrogens is 89.8 g/mol. The third-order valence-corrected chi connectivity index (χ3v) is 3.18. The van der Waals surface area contributed by atoms with Crippen LogP contribution in [0, 0.1) is 0 Å². The Morgan fingerprint density at radius 3 is 1.67 bits per heavy atom. The van der Waals surface area contributed by atoms with Gasteiger partial charge in [0.15, 0.2) is 0 Å². The van der Waals surface area contributed by atoms with E-state index in [1.807, 2.05) is 0 Å². The van der Waals surface area contributed by atoms with Gasteiger partial charge in [0.2, 0.25) is 0 Å². The van der Waals surface area contributed by atoms with E-state index in [0.717, 1.165) is 0 Å². The van der Waals surface area contributed by atoms with Gasteiger partial charge in [0.25, 0.3) is 0 Å². The summed E-state index contributed by atoms with van der Waals surface area (Å²) in [6, 6.07) is 0. The van der Waals surface area contributed by atoms with Gasteiger partial charge >= 0.3 is 41.1 Å². The van der Waals surface area contributed by atoms with Crippen LogP contribution < -0.4 is 0 Å². The Bertz CT molecular complexity index is 37.3. The van der Waals surface area contributed by atoms with E-state index in [4.69, 9.17) is 0 Å². The zero-order valence-electron chi connectivity index (χ0n) is 5.21. The molecule has 0 aromatic rings. The third kappa shape index (κ3) is 4.49. The van der Waals surface area contributed by atoms with Crippen molar-refractivity contribution in [1.29, 1.82) is 0 Å². The fourth-order valence-corrected chi connectivity index (χ4v) is 0. The molecule has 0 aliphatic rings. The van der Waals surface area contributed by atoms with E-state index < -0.39 is 7.14 Å². The van der Waals surface area contributed by atoms with Gasteiger partial charge in [0.05, 0.1) is 0 Å². The monoisotopic (exact) mass is 104 g/mol. The standard InChI is InChI=1S/C4H14BP/c1-4-6(2,3)5/h6H,4-5H2,1-3H3. The van der Waals surface area contributed by atoms with Crippen molar-refractivity contribution in [2.75, 3.05) is 19.5 Å². The van der Waals surface area contributed by atoms with Crippen molar-refractivity contribution in [3.8, 4) is 0 Å². The second-order valence-corrected chi connectivity index (χ2v) is 8.74. The van der Waals surface area contributed by atoms with E-state index in [1.54, 1.807) is 0 Å². The van der Waals surface area contributed by atoms with Crippen LogP contribution in [-0.4, -0.2) is 27.1 Å².